The largest absolute Gasteiger partial charge is 0.497 e. The molecule has 1 aromatic rings. The van der Waals surface area contributed by atoms with Crippen LogP contribution < -0.4 is 4.74 Å². The number of aliphatic hydroxyl groups is 1. The van der Waals surface area contributed by atoms with Crippen LogP contribution in [-0.4, -0.2) is 18.8 Å². The van der Waals surface area contributed by atoms with Crippen LogP contribution in [0.1, 0.15) is 18.4 Å². The SMILES string of the molecule is COc1cccc(C(C)C=C(F)CO)c1. The molecule has 1 aromatic carbocycles. The number of aliphatic hydroxyl groups excluding tert-OH is 1. The molecular weight excluding hydrogens is 195 g/mol. The van der Waals surface area contributed by atoms with E-state index in [1.807, 2.05) is 31.2 Å². The summed E-state index contributed by atoms with van der Waals surface area (Å²) in [6.45, 7) is 1.32. The van der Waals surface area contributed by atoms with Crippen molar-refractivity contribution in [2.75, 3.05) is 13.7 Å². The molecule has 0 heterocycles. The quantitative estimate of drug-likeness (QED) is 0.827. The zero-order chi connectivity index (χ0) is 11.3. The molecule has 2 nitrogen and oxygen atoms in total. The van der Waals surface area contributed by atoms with Crippen molar-refractivity contribution in [3.05, 3.63) is 41.7 Å². The summed E-state index contributed by atoms with van der Waals surface area (Å²) in [4.78, 5) is 0. The maximum Gasteiger partial charge on any atom is 0.122 e. The molecule has 3 heteroatoms. The molecule has 0 bridgehead atoms. The lowest BCUT2D eigenvalue weighted by molar-refractivity contribution is 0.297. The molecule has 0 fully saturated rings. The van der Waals surface area contributed by atoms with E-state index in [0.29, 0.717) is 0 Å². The van der Waals surface area contributed by atoms with Gasteiger partial charge in [-0.3, -0.25) is 0 Å². The molecule has 0 saturated carbocycles. The molecule has 1 unspecified atom stereocenters. The van der Waals surface area contributed by atoms with Crippen molar-refractivity contribution < 1.29 is 14.2 Å². The summed E-state index contributed by atoms with van der Waals surface area (Å²) in [5, 5.41) is 8.56. The average molecular weight is 210 g/mol. The maximum absolute atomic E-state index is 12.8. The van der Waals surface area contributed by atoms with Gasteiger partial charge in [0.1, 0.15) is 11.6 Å². The average Bonchev–Trinajstić information content (AvgIpc) is 2.28. The highest BCUT2D eigenvalue weighted by Gasteiger charge is 2.05. The fourth-order valence-electron chi connectivity index (χ4n) is 1.34. The standard InChI is InChI=1S/C12H15FO2/c1-9(6-11(13)8-14)10-4-3-5-12(7-10)15-2/h3-7,9,14H,8H2,1-2H3. The summed E-state index contributed by atoms with van der Waals surface area (Å²) < 4.78 is 17.9. The number of hydrogen-bond acceptors (Lipinski definition) is 2. The van der Waals surface area contributed by atoms with E-state index < -0.39 is 12.4 Å². The zero-order valence-corrected chi connectivity index (χ0v) is 8.90. The Morgan fingerprint density at radius 2 is 2.33 bits per heavy atom. The third kappa shape index (κ3) is 3.36. The number of allylic oxidation sites excluding steroid dienone is 1. The fourth-order valence-corrected chi connectivity index (χ4v) is 1.34. The zero-order valence-electron chi connectivity index (χ0n) is 8.90. The van der Waals surface area contributed by atoms with Gasteiger partial charge in [-0.1, -0.05) is 19.1 Å². The Kier molecular flexibility index (Phi) is 4.31. The van der Waals surface area contributed by atoms with Crippen molar-refractivity contribution in [2.45, 2.75) is 12.8 Å². The molecule has 82 valence electrons. The summed E-state index contributed by atoms with van der Waals surface area (Å²) in [6, 6.07) is 7.44. The van der Waals surface area contributed by atoms with Gasteiger partial charge < -0.3 is 9.84 Å². The van der Waals surface area contributed by atoms with E-state index in [2.05, 4.69) is 0 Å². The first-order valence-electron chi connectivity index (χ1n) is 4.78. The molecule has 1 N–H and O–H groups in total. The topological polar surface area (TPSA) is 29.5 Å². The van der Waals surface area contributed by atoms with E-state index in [1.165, 1.54) is 6.08 Å². The summed E-state index contributed by atoms with van der Waals surface area (Å²) in [5.74, 6) is 0.162. The lowest BCUT2D eigenvalue weighted by Crippen LogP contribution is -1.93. The van der Waals surface area contributed by atoms with E-state index in [9.17, 15) is 4.39 Å². The van der Waals surface area contributed by atoms with E-state index in [1.54, 1.807) is 7.11 Å². The predicted molar refractivity (Wildman–Crippen MR) is 57.7 cm³/mol. The molecule has 1 rings (SSSR count). The molecular formula is C12H15FO2. The summed E-state index contributed by atoms with van der Waals surface area (Å²) in [5.41, 5.74) is 0.956. The summed E-state index contributed by atoms with van der Waals surface area (Å²) in [7, 11) is 1.59. The van der Waals surface area contributed by atoms with Gasteiger partial charge in [0, 0.05) is 5.92 Å². The Balaban J connectivity index is 2.86. The lowest BCUT2D eigenvalue weighted by Gasteiger charge is -2.08. The number of rotatable bonds is 4. The molecule has 1 atom stereocenters. The van der Waals surface area contributed by atoms with Gasteiger partial charge in [0.15, 0.2) is 0 Å². The number of ether oxygens (including phenoxy) is 1. The van der Waals surface area contributed by atoms with Crippen LogP contribution in [0.4, 0.5) is 4.39 Å². The normalized spacial score (nSPS) is 13.7. The highest BCUT2D eigenvalue weighted by atomic mass is 19.1. The van der Waals surface area contributed by atoms with Crippen molar-refractivity contribution >= 4 is 0 Å². The molecule has 0 aliphatic heterocycles. The highest BCUT2D eigenvalue weighted by molar-refractivity contribution is 5.32. The van der Waals surface area contributed by atoms with E-state index >= 15 is 0 Å². The van der Waals surface area contributed by atoms with Crippen LogP contribution in [0.25, 0.3) is 0 Å². The van der Waals surface area contributed by atoms with Crippen molar-refractivity contribution in [3.8, 4) is 5.75 Å². The van der Waals surface area contributed by atoms with Crippen molar-refractivity contribution in [3.63, 3.8) is 0 Å². The van der Waals surface area contributed by atoms with Crippen LogP contribution in [0.2, 0.25) is 0 Å². The minimum absolute atomic E-state index is 0.0766. The second-order valence-electron chi connectivity index (χ2n) is 3.34. The Morgan fingerprint density at radius 3 is 2.93 bits per heavy atom. The van der Waals surface area contributed by atoms with Crippen LogP contribution in [0.3, 0.4) is 0 Å². The number of methoxy groups -OCH3 is 1. The molecule has 0 aliphatic carbocycles. The summed E-state index contributed by atoms with van der Waals surface area (Å²) >= 11 is 0. The molecule has 0 spiro atoms. The van der Waals surface area contributed by atoms with Crippen LogP contribution in [0.15, 0.2) is 36.2 Å². The van der Waals surface area contributed by atoms with Gasteiger partial charge in [0.2, 0.25) is 0 Å². The predicted octanol–water partition coefficient (Wildman–Crippen LogP) is 2.64. The summed E-state index contributed by atoms with van der Waals surface area (Å²) in [6.07, 6.45) is 1.40. The van der Waals surface area contributed by atoms with E-state index in [-0.39, 0.29) is 5.92 Å². The van der Waals surface area contributed by atoms with Gasteiger partial charge in [-0.2, -0.15) is 0 Å². The van der Waals surface area contributed by atoms with Gasteiger partial charge in [-0.25, -0.2) is 4.39 Å². The lowest BCUT2D eigenvalue weighted by atomic mass is 10.0. The van der Waals surface area contributed by atoms with Crippen molar-refractivity contribution in [1.29, 1.82) is 0 Å². The second-order valence-corrected chi connectivity index (χ2v) is 3.34. The van der Waals surface area contributed by atoms with Gasteiger partial charge >= 0.3 is 0 Å². The third-order valence-electron chi connectivity index (χ3n) is 2.20. The van der Waals surface area contributed by atoms with Crippen molar-refractivity contribution in [1.82, 2.24) is 0 Å². The second kappa shape index (κ2) is 5.51. The van der Waals surface area contributed by atoms with Crippen LogP contribution >= 0.6 is 0 Å². The van der Waals surface area contributed by atoms with Crippen molar-refractivity contribution in [2.24, 2.45) is 0 Å². The maximum atomic E-state index is 12.8. The monoisotopic (exact) mass is 210 g/mol. The van der Waals surface area contributed by atoms with Gasteiger partial charge in [-0.15, -0.1) is 0 Å². The molecule has 0 saturated heterocycles. The third-order valence-corrected chi connectivity index (χ3v) is 2.20. The Hall–Kier alpha value is -1.35. The molecule has 0 aliphatic rings. The first-order valence-corrected chi connectivity index (χ1v) is 4.78. The molecule has 0 radical (unpaired) electrons. The van der Waals surface area contributed by atoms with Crippen LogP contribution in [0, 0.1) is 0 Å². The minimum atomic E-state index is -0.547. The molecule has 0 amide bonds. The van der Waals surface area contributed by atoms with E-state index in [0.717, 1.165) is 11.3 Å². The van der Waals surface area contributed by atoms with E-state index in [4.69, 9.17) is 9.84 Å². The first-order chi connectivity index (χ1) is 7.17. The van der Waals surface area contributed by atoms with Gasteiger partial charge in [-0.05, 0) is 23.8 Å². The molecule has 15 heavy (non-hydrogen) atoms. The van der Waals surface area contributed by atoms with Gasteiger partial charge in [0.25, 0.3) is 0 Å². The Bertz CT molecular complexity index is 347. The highest BCUT2D eigenvalue weighted by Crippen LogP contribution is 2.22. The first kappa shape index (κ1) is 11.7. The van der Waals surface area contributed by atoms with Gasteiger partial charge in [0.05, 0.1) is 13.7 Å². The number of halogens is 1. The fraction of sp³-hybridized carbons (Fsp3) is 0.333. The Morgan fingerprint density at radius 1 is 1.60 bits per heavy atom. The molecule has 0 aromatic heterocycles. The Labute approximate surface area is 89.0 Å². The van der Waals surface area contributed by atoms with Crippen LogP contribution in [-0.2, 0) is 0 Å². The number of hydrogen-bond donors (Lipinski definition) is 1. The smallest absolute Gasteiger partial charge is 0.122 e. The minimum Gasteiger partial charge on any atom is -0.497 e. The van der Waals surface area contributed by atoms with Crippen LogP contribution in [0.5, 0.6) is 5.75 Å². The number of benzene rings is 1.